The minimum absolute atomic E-state index is 0.0875. The van der Waals surface area contributed by atoms with Crippen LogP contribution in [-0.4, -0.2) is 31.7 Å². The molecule has 2 unspecified atom stereocenters. The first-order valence-corrected chi connectivity index (χ1v) is 11.1. The first-order chi connectivity index (χ1) is 13.2. The van der Waals surface area contributed by atoms with Gasteiger partial charge in [0.05, 0.1) is 10.8 Å². The van der Waals surface area contributed by atoms with Gasteiger partial charge >= 0.3 is 0 Å². The Kier molecular flexibility index (Phi) is 7.38. The van der Waals surface area contributed by atoms with Crippen molar-refractivity contribution in [3.05, 3.63) is 60.2 Å². The molecule has 0 fully saturated rings. The lowest BCUT2D eigenvalue weighted by Crippen LogP contribution is -2.33. The van der Waals surface area contributed by atoms with Crippen LogP contribution in [0.2, 0.25) is 0 Å². The average Bonchev–Trinajstić information content (AvgIpc) is 2.68. The summed E-state index contributed by atoms with van der Waals surface area (Å²) in [5, 5.41) is 2.94. The lowest BCUT2D eigenvalue weighted by molar-refractivity contribution is -0.118. The number of carbonyl (C=O) groups is 1. The van der Waals surface area contributed by atoms with E-state index in [1.165, 1.54) is 16.4 Å². The van der Waals surface area contributed by atoms with Crippen molar-refractivity contribution >= 4 is 21.6 Å². The normalized spacial score (nSPS) is 14.1. The molecule has 0 aliphatic heterocycles. The Morgan fingerprint density at radius 1 is 1.00 bits per heavy atom. The van der Waals surface area contributed by atoms with Crippen LogP contribution in [0.3, 0.4) is 0 Å². The van der Waals surface area contributed by atoms with Crippen LogP contribution in [0, 0.1) is 5.92 Å². The summed E-state index contributed by atoms with van der Waals surface area (Å²) in [5.41, 5.74) is 1.56. The molecule has 152 valence electrons. The number of amides is 1. The molecule has 2 atom stereocenters. The Morgan fingerprint density at radius 2 is 1.57 bits per heavy atom. The highest BCUT2D eigenvalue weighted by molar-refractivity contribution is 7.89. The van der Waals surface area contributed by atoms with Gasteiger partial charge < -0.3 is 5.32 Å². The van der Waals surface area contributed by atoms with Crippen LogP contribution in [0.1, 0.15) is 45.6 Å². The van der Waals surface area contributed by atoms with E-state index in [9.17, 15) is 13.2 Å². The fraction of sp³-hybridized carbons (Fsp3) is 0.409. The number of sulfonamides is 1. The topological polar surface area (TPSA) is 66.5 Å². The third kappa shape index (κ3) is 5.00. The van der Waals surface area contributed by atoms with Gasteiger partial charge in [-0.2, -0.15) is 4.31 Å². The number of hydrogen-bond donors (Lipinski definition) is 1. The Balaban J connectivity index is 2.21. The van der Waals surface area contributed by atoms with Crippen LogP contribution in [0.5, 0.6) is 0 Å². The fourth-order valence-corrected chi connectivity index (χ4v) is 4.38. The summed E-state index contributed by atoms with van der Waals surface area (Å²) in [6, 6.07) is 15.9. The van der Waals surface area contributed by atoms with Gasteiger partial charge in [0, 0.05) is 18.8 Å². The van der Waals surface area contributed by atoms with Crippen LogP contribution in [0.25, 0.3) is 0 Å². The van der Waals surface area contributed by atoms with Crippen molar-refractivity contribution in [2.24, 2.45) is 5.92 Å². The third-order valence-corrected chi connectivity index (χ3v) is 7.23. The van der Waals surface area contributed by atoms with Crippen molar-refractivity contribution in [1.29, 1.82) is 0 Å². The number of anilines is 1. The summed E-state index contributed by atoms with van der Waals surface area (Å²) in [4.78, 5) is 13.2. The number of benzene rings is 2. The molecule has 0 bridgehead atoms. The first-order valence-electron chi connectivity index (χ1n) is 9.62. The molecule has 2 aromatic rings. The minimum atomic E-state index is -3.54. The van der Waals surface area contributed by atoms with Crippen molar-refractivity contribution in [2.75, 3.05) is 12.4 Å². The van der Waals surface area contributed by atoms with E-state index in [1.807, 2.05) is 44.2 Å². The SMILES string of the molecule is CCC(C)C(C(=O)Nc1ccc(S(=O)(=O)N(C)C(C)C)cc1)c1ccccc1. The second-order valence-electron chi connectivity index (χ2n) is 7.40. The summed E-state index contributed by atoms with van der Waals surface area (Å²) in [7, 11) is -1.98. The average molecular weight is 403 g/mol. The molecule has 0 saturated heterocycles. The number of carbonyl (C=O) groups excluding carboxylic acids is 1. The molecule has 1 amide bonds. The molecule has 28 heavy (non-hydrogen) atoms. The van der Waals surface area contributed by atoms with E-state index < -0.39 is 10.0 Å². The number of nitrogens with zero attached hydrogens (tertiary/aromatic N) is 1. The zero-order valence-electron chi connectivity index (χ0n) is 17.2. The Bertz CT molecular complexity index is 878. The predicted octanol–water partition coefficient (Wildman–Crippen LogP) is 4.48. The van der Waals surface area contributed by atoms with E-state index in [-0.39, 0.29) is 28.7 Å². The molecule has 2 rings (SSSR count). The highest BCUT2D eigenvalue weighted by Gasteiger charge is 2.26. The van der Waals surface area contributed by atoms with Gasteiger partial charge in [0.25, 0.3) is 0 Å². The van der Waals surface area contributed by atoms with Gasteiger partial charge in [0.15, 0.2) is 0 Å². The smallest absolute Gasteiger partial charge is 0.243 e. The molecule has 0 aliphatic carbocycles. The van der Waals surface area contributed by atoms with Gasteiger partial charge in [-0.3, -0.25) is 4.79 Å². The van der Waals surface area contributed by atoms with Crippen LogP contribution in [0.15, 0.2) is 59.5 Å². The maximum Gasteiger partial charge on any atom is 0.243 e. The van der Waals surface area contributed by atoms with E-state index >= 15 is 0 Å². The van der Waals surface area contributed by atoms with Crippen LogP contribution in [-0.2, 0) is 14.8 Å². The highest BCUT2D eigenvalue weighted by atomic mass is 32.2. The standard InChI is InChI=1S/C22H30N2O3S/c1-6-17(4)21(18-10-8-7-9-11-18)22(25)23-19-12-14-20(15-13-19)28(26,27)24(5)16(2)3/h7-17,21H,6H2,1-5H3,(H,23,25). The maximum absolute atomic E-state index is 13.0. The lowest BCUT2D eigenvalue weighted by atomic mass is 9.85. The Labute approximate surface area is 168 Å². The van der Waals surface area contributed by atoms with E-state index in [4.69, 9.17) is 0 Å². The molecule has 5 nitrogen and oxygen atoms in total. The van der Waals surface area contributed by atoms with E-state index in [1.54, 1.807) is 19.2 Å². The summed E-state index contributed by atoms with van der Waals surface area (Å²) in [6.07, 6.45) is 0.881. The van der Waals surface area contributed by atoms with Crippen molar-refractivity contribution < 1.29 is 13.2 Å². The molecule has 0 heterocycles. The second-order valence-corrected chi connectivity index (χ2v) is 9.40. The van der Waals surface area contributed by atoms with Crippen LogP contribution >= 0.6 is 0 Å². The summed E-state index contributed by atoms with van der Waals surface area (Å²) in [6.45, 7) is 7.78. The van der Waals surface area contributed by atoms with Gasteiger partial charge in [0.1, 0.15) is 0 Å². The first kappa shape index (κ1) is 22.1. The number of hydrogen-bond acceptors (Lipinski definition) is 3. The summed E-state index contributed by atoms with van der Waals surface area (Å²) < 4.78 is 26.5. The zero-order valence-corrected chi connectivity index (χ0v) is 18.0. The monoisotopic (exact) mass is 402 g/mol. The Morgan fingerprint density at radius 3 is 2.07 bits per heavy atom. The van der Waals surface area contributed by atoms with E-state index in [0.29, 0.717) is 5.69 Å². The number of rotatable bonds is 8. The zero-order chi connectivity index (χ0) is 20.9. The van der Waals surface area contributed by atoms with E-state index in [2.05, 4.69) is 19.2 Å². The molecular formula is C22H30N2O3S. The van der Waals surface area contributed by atoms with Crippen molar-refractivity contribution in [3.8, 4) is 0 Å². The summed E-state index contributed by atoms with van der Waals surface area (Å²) >= 11 is 0. The van der Waals surface area contributed by atoms with Crippen molar-refractivity contribution in [2.45, 2.75) is 51.0 Å². The lowest BCUT2D eigenvalue weighted by Gasteiger charge is -2.23. The predicted molar refractivity (Wildman–Crippen MR) is 114 cm³/mol. The summed E-state index contributed by atoms with van der Waals surface area (Å²) in [5.74, 6) is -0.168. The van der Waals surface area contributed by atoms with Crippen LogP contribution < -0.4 is 5.32 Å². The quantitative estimate of drug-likeness (QED) is 0.708. The van der Waals surface area contributed by atoms with Gasteiger partial charge in [0.2, 0.25) is 15.9 Å². The molecular weight excluding hydrogens is 372 g/mol. The molecule has 0 aromatic heterocycles. The minimum Gasteiger partial charge on any atom is -0.326 e. The molecule has 0 spiro atoms. The largest absolute Gasteiger partial charge is 0.326 e. The van der Waals surface area contributed by atoms with Gasteiger partial charge in [-0.1, -0.05) is 50.6 Å². The van der Waals surface area contributed by atoms with Crippen LogP contribution in [0.4, 0.5) is 5.69 Å². The van der Waals surface area contributed by atoms with Gasteiger partial charge in [-0.25, -0.2) is 8.42 Å². The Hall–Kier alpha value is -2.18. The molecule has 6 heteroatoms. The molecule has 2 aromatic carbocycles. The van der Waals surface area contributed by atoms with Gasteiger partial charge in [-0.05, 0) is 49.6 Å². The number of nitrogens with one attached hydrogen (secondary N) is 1. The third-order valence-electron chi connectivity index (χ3n) is 5.18. The molecule has 0 aliphatic rings. The second kappa shape index (κ2) is 9.34. The van der Waals surface area contributed by atoms with E-state index in [0.717, 1.165) is 12.0 Å². The highest BCUT2D eigenvalue weighted by Crippen LogP contribution is 2.29. The fourth-order valence-electron chi connectivity index (χ4n) is 3.01. The molecule has 0 saturated carbocycles. The van der Waals surface area contributed by atoms with Crippen molar-refractivity contribution in [1.82, 2.24) is 4.31 Å². The maximum atomic E-state index is 13.0. The van der Waals surface area contributed by atoms with Gasteiger partial charge in [-0.15, -0.1) is 0 Å². The molecule has 1 N–H and O–H groups in total. The molecule has 0 radical (unpaired) electrons. The van der Waals surface area contributed by atoms with Crippen molar-refractivity contribution in [3.63, 3.8) is 0 Å².